The van der Waals surface area contributed by atoms with Crippen LogP contribution >= 0.6 is 0 Å². The molecule has 0 amide bonds. The molecule has 0 heterocycles. The van der Waals surface area contributed by atoms with E-state index in [2.05, 4.69) is 13.5 Å². The number of rotatable bonds is 27. The predicted octanol–water partition coefficient (Wildman–Crippen LogP) is 10.5. The van der Waals surface area contributed by atoms with E-state index in [1.165, 1.54) is 141 Å². The Kier molecular flexibility index (Phi) is 27.5. The Morgan fingerprint density at radius 1 is 0.531 bits per heavy atom. The highest BCUT2D eigenvalue weighted by molar-refractivity contribution is 5.69. The van der Waals surface area contributed by atoms with Crippen LogP contribution in [0.3, 0.4) is 0 Å². The van der Waals surface area contributed by atoms with Crippen molar-refractivity contribution in [2.24, 2.45) is 0 Å². The molecule has 0 saturated carbocycles. The lowest BCUT2D eigenvalue weighted by atomic mass is 10.0. The van der Waals surface area contributed by atoms with E-state index in [0.717, 1.165) is 12.8 Å². The molecule has 0 saturated heterocycles. The zero-order chi connectivity index (χ0) is 23.4. The average Bonchev–Trinajstić information content (AvgIpc) is 2.80. The molecule has 0 spiro atoms. The molecule has 190 valence electrons. The lowest BCUT2D eigenvalue weighted by Gasteiger charge is -2.04. The van der Waals surface area contributed by atoms with Gasteiger partial charge in [-0.05, 0) is 6.42 Å². The summed E-state index contributed by atoms with van der Waals surface area (Å²) in [7, 11) is 0. The summed E-state index contributed by atoms with van der Waals surface area (Å²) >= 11 is 0. The van der Waals surface area contributed by atoms with Gasteiger partial charge in [0.25, 0.3) is 0 Å². The predicted molar refractivity (Wildman–Crippen MR) is 142 cm³/mol. The van der Waals surface area contributed by atoms with Gasteiger partial charge in [0.1, 0.15) is 6.61 Å². The average molecular weight is 451 g/mol. The highest BCUT2D eigenvalue weighted by atomic mass is 16.5. The lowest BCUT2D eigenvalue weighted by molar-refractivity contribution is -0.142. The van der Waals surface area contributed by atoms with E-state index in [0.29, 0.717) is 13.0 Å². The molecule has 0 rings (SSSR count). The molecule has 2 nitrogen and oxygen atoms in total. The molecule has 0 aromatic carbocycles. The molecule has 0 unspecified atom stereocenters. The Bertz CT molecular complexity index is 377. The minimum Gasteiger partial charge on any atom is -0.461 e. The van der Waals surface area contributed by atoms with Crippen LogP contribution in [0.25, 0.3) is 0 Å². The quantitative estimate of drug-likeness (QED) is 0.0706. The van der Waals surface area contributed by atoms with Crippen LogP contribution in [0.4, 0.5) is 0 Å². The summed E-state index contributed by atoms with van der Waals surface area (Å²) < 4.78 is 4.99. The van der Waals surface area contributed by atoms with Gasteiger partial charge in [-0.3, -0.25) is 4.79 Å². The van der Waals surface area contributed by atoms with Gasteiger partial charge in [0.15, 0.2) is 0 Å². The van der Waals surface area contributed by atoms with E-state index in [4.69, 9.17) is 4.74 Å². The summed E-state index contributed by atoms with van der Waals surface area (Å²) in [6.07, 6.45) is 35.7. The fourth-order valence-electron chi connectivity index (χ4n) is 4.46. The van der Waals surface area contributed by atoms with Crippen LogP contribution in [-0.2, 0) is 9.53 Å². The number of carbonyl (C=O) groups is 1. The number of esters is 1. The second kappa shape index (κ2) is 28.2. The van der Waals surface area contributed by atoms with E-state index in [1.54, 1.807) is 6.08 Å². The number of carbonyl (C=O) groups excluding carboxylic acids is 1. The minimum absolute atomic E-state index is 0.0799. The van der Waals surface area contributed by atoms with Crippen molar-refractivity contribution in [2.75, 3.05) is 6.61 Å². The van der Waals surface area contributed by atoms with Gasteiger partial charge in [0.05, 0.1) is 0 Å². The van der Waals surface area contributed by atoms with Crippen molar-refractivity contribution >= 4 is 5.97 Å². The van der Waals surface area contributed by atoms with Crippen LogP contribution in [0.5, 0.6) is 0 Å². The van der Waals surface area contributed by atoms with Crippen molar-refractivity contribution in [3.8, 4) is 0 Å². The van der Waals surface area contributed by atoms with Gasteiger partial charge in [-0.15, -0.1) is 0 Å². The fraction of sp³-hybridized carbons (Fsp3) is 0.900. The number of ether oxygens (including phenoxy) is 1. The first-order valence-corrected chi connectivity index (χ1v) is 14.6. The second-order valence-corrected chi connectivity index (χ2v) is 9.85. The summed E-state index contributed by atoms with van der Waals surface area (Å²) in [5.41, 5.74) is 0. The van der Waals surface area contributed by atoms with Crippen molar-refractivity contribution < 1.29 is 9.53 Å². The molecule has 0 bridgehead atoms. The monoisotopic (exact) mass is 450 g/mol. The highest BCUT2D eigenvalue weighted by Crippen LogP contribution is 2.15. The van der Waals surface area contributed by atoms with Crippen LogP contribution in [0.1, 0.15) is 167 Å². The molecule has 0 fully saturated rings. The van der Waals surface area contributed by atoms with Gasteiger partial charge in [-0.25, -0.2) is 0 Å². The molecule has 32 heavy (non-hydrogen) atoms. The zero-order valence-electron chi connectivity index (χ0n) is 22.0. The third-order valence-corrected chi connectivity index (χ3v) is 6.60. The first kappa shape index (κ1) is 31.2. The van der Waals surface area contributed by atoms with Crippen molar-refractivity contribution in [2.45, 2.75) is 167 Å². The summed E-state index contributed by atoms with van der Waals surface area (Å²) in [6.45, 7) is 6.19. The molecule has 2 heteroatoms. The Hall–Kier alpha value is -0.790. The van der Waals surface area contributed by atoms with Gasteiger partial charge in [0, 0.05) is 6.42 Å². The van der Waals surface area contributed by atoms with Crippen molar-refractivity contribution in [1.82, 2.24) is 0 Å². The van der Waals surface area contributed by atoms with Crippen LogP contribution in [0.2, 0.25) is 0 Å². The zero-order valence-corrected chi connectivity index (χ0v) is 22.0. The number of hydrogen-bond donors (Lipinski definition) is 0. The first-order chi connectivity index (χ1) is 15.8. The first-order valence-electron chi connectivity index (χ1n) is 14.6. The van der Waals surface area contributed by atoms with Gasteiger partial charge in [-0.2, -0.15) is 0 Å². The molecule has 0 aromatic heterocycles. The maximum atomic E-state index is 11.4. The molecule has 0 aliphatic rings. The molecule has 0 atom stereocenters. The summed E-state index contributed by atoms with van der Waals surface area (Å²) in [5, 5.41) is 0. The topological polar surface area (TPSA) is 26.3 Å². The van der Waals surface area contributed by atoms with Crippen molar-refractivity contribution in [3.05, 3.63) is 12.7 Å². The third kappa shape index (κ3) is 27.2. The Morgan fingerprint density at radius 2 is 0.812 bits per heavy atom. The van der Waals surface area contributed by atoms with Crippen LogP contribution in [0.15, 0.2) is 12.7 Å². The lowest BCUT2D eigenvalue weighted by Crippen LogP contribution is -2.03. The summed E-state index contributed by atoms with van der Waals surface area (Å²) in [4.78, 5) is 11.4. The van der Waals surface area contributed by atoms with E-state index in [9.17, 15) is 4.79 Å². The second-order valence-electron chi connectivity index (χ2n) is 9.85. The van der Waals surface area contributed by atoms with E-state index in [1.807, 2.05) is 0 Å². The van der Waals surface area contributed by atoms with Crippen molar-refractivity contribution in [1.29, 1.82) is 0 Å². The Labute approximate surface area is 202 Å². The molecule has 0 radical (unpaired) electrons. The summed E-state index contributed by atoms with van der Waals surface area (Å²) in [5.74, 6) is -0.0799. The highest BCUT2D eigenvalue weighted by Gasteiger charge is 2.01. The SMILES string of the molecule is C=CCOC(=O)CCCCCCCCCCCCCCCCCCCCCCCCCC. The van der Waals surface area contributed by atoms with Gasteiger partial charge < -0.3 is 4.74 Å². The largest absolute Gasteiger partial charge is 0.461 e. The standard InChI is InChI=1S/C30H58O2/c1-3-5-6-7-8-9-10-11-12-13-14-15-16-17-18-19-20-21-22-23-24-25-26-27-28-30(31)32-29-4-2/h4H,2-3,5-29H2,1H3. The fourth-order valence-corrected chi connectivity index (χ4v) is 4.46. The Morgan fingerprint density at radius 3 is 1.09 bits per heavy atom. The minimum atomic E-state index is -0.0799. The number of hydrogen-bond acceptors (Lipinski definition) is 2. The van der Waals surface area contributed by atoms with Gasteiger partial charge in [0.2, 0.25) is 0 Å². The van der Waals surface area contributed by atoms with Crippen LogP contribution < -0.4 is 0 Å². The Balaban J connectivity index is 3.05. The van der Waals surface area contributed by atoms with Crippen LogP contribution in [-0.4, -0.2) is 12.6 Å². The normalized spacial score (nSPS) is 11.0. The van der Waals surface area contributed by atoms with Crippen LogP contribution in [0, 0.1) is 0 Å². The van der Waals surface area contributed by atoms with E-state index >= 15 is 0 Å². The molecule has 0 aliphatic heterocycles. The van der Waals surface area contributed by atoms with Gasteiger partial charge >= 0.3 is 5.97 Å². The smallest absolute Gasteiger partial charge is 0.306 e. The summed E-state index contributed by atoms with van der Waals surface area (Å²) in [6, 6.07) is 0. The maximum absolute atomic E-state index is 11.4. The maximum Gasteiger partial charge on any atom is 0.306 e. The van der Waals surface area contributed by atoms with E-state index in [-0.39, 0.29) is 5.97 Å². The van der Waals surface area contributed by atoms with E-state index < -0.39 is 0 Å². The van der Waals surface area contributed by atoms with Crippen molar-refractivity contribution in [3.63, 3.8) is 0 Å². The molecule has 0 aromatic rings. The molecular formula is C30H58O2. The van der Waals surface area contributed by atoms with Gasteiger partial charge in [-0.1, -0.05) is 167 Å². The third-order valence-electron chi connectivity index (χ3n) is 6.60. The molecule has 0 N–H and O–H groups in total. The molecule has 0 aliphatic carbocycles. The number of unbranched alkanes of at least 4 members (excludes halogenated alkanes) is 23. The molecular weight excluding hydrogens is 392 g/mol.